The van der Waals surface area contributed by atoms with Crippen LogP contribution in [0.25, 0.3) is 0 Å². The zero-order chi connectivity index (χ0) is 15.2. The summed E-state index contributed by atoms with van der Waals surface area (Å²) in [5.74, 6) is 0.00951. The summed E-state index contributed by atoms with van der Waals surface area (Å²) in [6, 6.07) is 7.42. The Bertz CT molecular complexity index is 464. The molecule has 6 heteroatoms. The highest BCUT2D eigenvalue weighted by Crippen LogP contribution is 2.09. The van der Waals surface area contributed by atoms with Crippen molar-refractivity contribution in [3.63, 3.8) is 0 Å². The fourth-order valence-corrected chi connectivity index (χ4v) is 2.38. The van der Waals surface area contributed by atoms with E-state index in [1.807, 2.05) is 31.2 Å². The third-order valence-corrected chi connectivity index (χ3v) is 3.79. The number of ether oxygens (including phenoxy) is 1. The Morgan fingerprint density at radius 3 is 2.90 bits per heavy atom. The van der Waals surface area contributed by atoms with Crippen LogP contribution in [0.4, 0.5) is 0 Å². The molecule has 116 valence electrons. The number of amides is 1. The molecular formula is C15H22ClN3O2. The smallest absolute Gasteiger partial charge is 0.234 e. The molecule has 1 aliphatic rings. The van der Waals surface area contributed by atoms with Gasteiger partial charge in [-0.1, -0.05) is 23.7 Å². The molecule has 2 rings (SSSR count). The van der Waals surface area contributed by atoms with Gasteiger partial charge >= 0.3 is 0 Å². The first kappa shape index (κ1) is 16.2. The maximum absolute atomic E-state index is 12.0. The van der Waals surface area contributed by atoms with Crippen LogP contribution in [0.15, 0.2) is 24.3 Å². The lowest BCUT2D eigenvalue weighted by molar-refractivity contribution is -0.124. The Kier molecular flexibility index (Phi) is 5.99. The number of carbonyl (C=O) groups excluding carboxylic acids is 1. The largest absolute Gasteiger partial charge is 0.374 e. The lowest BCUT2D eigenvalue weighted by Gasteiger charge is -2.34. The van der Waals surface area contributed by atoms with Crippen LogP contribution in [0, 0.1) is 0 Å². The van der Waals surface area contributed by atoms with Crippen molar-refractivity contribution in [2.24, 2.45) is 5.73 Å². The average Bonchev–Trinajstić information content (AvgIpc) is 2.47. The molecule has 0 saturated carbocycles. The molecule has 0 bridgehead atoms. The summed E-state index contributed by atoms with van der Waals surface area (Å²) in [5.41, 5.74) is 6.87. The molecule has 1 heterocycles. The SMILES string of the molecule is CC(N)C1CN(CC(=O)NCc2ccc(Cl)cc2)CCO1. The number of benzene rings is 1. The minimum atomic E-state index is -0.0232. The predicted octanol–water partition coefficient (Wildman–Crippen LogP) is 1.00. The van der Waals surface area contributed by atoms with E-state index >= 15 is 0 Å². The quantitative estimate of drug-likeness (QED) is 0.851. The molecule has 1 aliphatic heterocycles. The van der Waals surface area contributed by atoms with Gasteiger partial charge in [-0.05, 0) is 24.6 Å². The predicted molar refractivity (Wildman–Crippen MR) is 83.1 cm³/mol. The number of hydrogen-bond donors (Lipinski definition) is 2. The van der Waals surface area contributed by atoms with Crippen molar-refractivity contribution in [2.45, 2.75) is 25.6 Å². The normalized spacial score (nSPS) is 21.0. The van der Waals surface area contributed by atoms with Crippen molar-refractivity contribution in [3.05, 3.63) is 34.9 Å². The summed E-state index contributed by atoms with van der Waals surface area (Å²) in [4.78, 5) is 14.1. The monoisotopic (exact) mass is 311 g/mol. The fourth-order valence-electron chi connectivity index (χ4n) is 2.26. The summed E-state index contributed by atoms with van der Waals surface area (Å²) in [6.07, 6.45) is 0.00261. The lowest BCUT2D eigenvalue weighted by Crippen LogP contribution is -2.51. The third kappa shape index (κ3) is 5.28. The van der Waals surface area contributed by atoms with Crippen LogP contribution in [-0.2, 0) is 16.1 Å². The van der Waals surface area contributed by atoms with E-state index < -0.39 is 0 Å². The number of nitrogens with one attached hydrogen (secondary N) is 1. The van der Waals surface area contributed by atoms with Gasteiger partial charge in [-0.2, -0.15) is 0 Å². The molecule has 2 unspecified atom stereocenters. The van der Waals surface area contributed by atoms with E-state index in [1.165, 1.54) is 0 Å². The van der Waals surface area contributed by atoms with Crippen molar-refractivity contribution >= 4 is 17.5 Å². The van der Waals surface area contributed by atoms with Gasteiger partial charge in [0.25, 0.3) is 0 Å². The second-order valence-corrected chi connectivity index (χ2v) is 5.84. The maximum atomic E-state index is 12.0. The van der Waals surface area contributed by atoms with Crippen molar-refractivity contribution in [2.75, 3.05) is 26.2 Å². The number of nitrogens with zero attached hydrogens (tertiary/aromatic N) is 1. The molecule has 0 radical (unpaired) electrons. The highest BCUT2D eigenvalue weighted by molar-refractivity contribution is 6.30. The van der Waals surface area contributed by atoms with Crippen molar-refractivity contribution in [3.8, 4) is 0 Å². The van der Waals surface area contributed by atoms with E-state index in [4.69, 9.17) is 22.1 Å². The minimum Gasteiger partial charge on any atom is -0.374 e. The standard InChI is InChI=1S/C15H22ClN3O2/c1-11(17)14-9-19(6-7-21-14)10-15(20)18-8-12-2-4-13(16)5-3-12/h2-5,11,14H,6-10,17H2,1H3,(H,18,20). The molecule has 0 aromatic heterocycles. The summed E-state index contributed by atoms with van der Waals surface area (Å²) in [6.45, 7) is 4.90. The zero-order valence-electron chi connectivity index (χ0n) is 12.2. The molecule has 21 heavy (non-hydrogen) atoms. The van der Waals surface area contributed by atoms with E-state index in [0.29, 0.717) is 31.3 Å². The summed E-state index contributed by atoms with van der Waals surface area (Å²) < 4.78 is 5.58. The van der Waals surface area contributed by atoms with Gasteiger partial charge in [-0.3, -0.25) is 9.69 Å². The first-order valence-electron chi connectivity index (χ1n) is 7.15. The van der Waals surface area contributed by atoms with Crippen molar-refractivity contribution < 1.29 is 9.53 Å². The minimum absolute atomic E-state index is 0.00261. The maximum Gasteiger partial charge on any atom is 0.234 e. The molecule has 0 spiro atoms. The highest BCUT2D eigenvalue weighted by Gasteiger charge is 2.24. The number of rotatable bonds is 5. The van der Waals surface area contributed by atoms with Gasteiger partial charge in [0.1, 0.15) is 0 Å². The first-order chi connectivity index (χ1) is 10.0. The Morgan fingerprint density at radius 1 is 1.52 bits per heavy atom. The Morgan fingerprint density at radius 2 is 2.24 bits per heavy atom. The van der Waals surface area contributed by atoms with Crippen LogP contribution in [0.2, 0.25) is 5.02 Å². The number of nitrogens with two attached hydrogens (primary N) is 1. The second-order valence-electron chi connectivity index (χ2n) is 5.41. The molecular weight excluding hydrogens is 290 g/mol. The topological polar surface area (TPSA) is 67.6 Å². The van der Waals surface area contributed by atoms with Gasteiger partial charge in [0, 0.05) is 30.7 Å². The number of carbonyl (C=O) groups is 1. The second kappa shape index (κ2) is 7.75. The fraction of sp³-hybridized carbons (Fsp3) is 0.533. The van der Waals surface area contributed by atoms with Crippen LogP contribution in [0.1, 0.15) is 12.5 Å². The number of halogens is 1. The van der Waals surface area contributed by atoms with E-state index in [0.717, 1.165) is 12.1 Å². The molecule has 0 aliphatic carbocycles. The molecule has 2 atom stereocenters. The van der Waals surface area contributed by atoms with Gasteiger partial charge in [-0.25, -0.2) is 0 Å². The summed E-state index contributed by atoms with van der Waals surface area (Å²) in [5, 5.41) is 3.61. The van der Waals surface area contributed by atoms with Crippen molar-refractivity contribution in [1.29, 1.82) is 0 Å². The Hall–Kier alpha value is -1.14. The lowest BCUT2D eigenvalue weighted by atomic mass is 10.1. The molecule has 1 fully saturated rings. The van der Waals surface area contributed by atoms with Crippen LogP contribution in [0.3, 0.4) is 0 Å². The van der Waals surface area contributed by atoms with Gasteiger partial charge in [-0.15, -0.1) is 0 Å². The molecule has 5 nitrogen and oxygen atoms in total. The van der Waals surface area contributed by atoms with Gasteiger partial charge in [0.15, 0.2) is 0 Å². The van der Waals surface area contributed by atoms with Crippen LogP contribution < -0.4 is 11.1 Å². The van der Waals surface area contributed by atoms with Gasteiger partial charge < -0.3 is 15.8 Å². The van der Waals surface area contributed by atoms with E-state index in [-0.39, 0.29) is 18.1 Å². The number of morpholine rings is 1. The zero-order valence-corrected chi connectivity index (χ0v) is 13.0. The molecule has 1 aromatic rings. The van der Waals surface area contributed by atoms with E-state index in [2.05, 4.69) is 10.2 Å². The van der Waals surface area contributed by atoms with Crippen LogP contribution in [0.5, 0.6) is 0 Å². The average molecular weight is 312 g/mol. The van der Waals surface area contributed by atoms with Crippen LogP contribution >= 0.6 is 11.6 Å². The molecule has 3 N–H and O–H groups in total. The van der Waals surface area contributed by atoms with Crippen LogP contribution in [-0.4, -0.2) is 49.2 Å². The molecule has 1 aromatic carbocycles. The first-order valence-corrected chi connectivity index (χ1v) is 7.53. The van der Waals surface area contributed by atoms with Gasteiger partial charge in [0.2, 0.25) is 5.91 Å². The molecule has 1 amide bonds. The van der Waals surface area contributed by atoms with E-state index in [9.17, 15) is 4.79 Å². The summed E-state index contributed by atoms with van der Waals surface area (Å²) in [7, 11) is 0. The highest BCUT2D eigenvalue weighted by atomic mass is 35.5. The third-order valence-electron chi connectivity index (χ3n) is 3.53. The molecule has 1 saturated heterocycles. The Labute approximate surface area is 130 Å². The Balaban J connectivity index is 1.75. The van der Waals surface area contributed by atoms with Crippen molar-refractivity contribution in [1.82, 2.24) is 10.2 Å². The summed E-state index contributed by atoms with van der Waals surface area (Å²) >= 11 is 5.83. The van der Waals surface area contributed by atoms with E-state index in [1.54, 1.807) is 0 Å². The van der Waals surface area contributed by atoms with Gasteiger partial charge in [0.05, 0.1) is 19.3 Å². The number of hydrogen-bond acceptors (Lipinski definition) is 4.